The molecule has 0 aromatic carbocycles. The van der Waals surface area contributed by atoms with E-state index >= 15 is 0 Å². The van der Waals surface area contributed by atoms with Gasteiger partial charge >= 0.3 is 0 Å². The van der Waals surface area contributed by atoms with E-state index in [0.717, 1.165) is 13.1 Å². The van der Waals surface area contributed by atoms with Crippen LogP contribution in [0, 0.1) is 0 Å². The summed E-state index contributed by atoms with van der Waals surface area (Å²) in [6, 6.07) is 4.09. The van der Waals surface area contributed by atoms with Crippen LogP contribution in [0.4, 0.5) is 0 Å². The number of carbonyl (C=O) groups excluding carboxylic acids is 1. The molecule has 1 amide bonds. The fourth-order valence-electron chi connectivity index (χ4n) is 1.32. The van der Waals surface area contributed by atoms with Crippen molar-refractivity contribution in [2.24, 2.45) is 7.05 Å². The van der Waals surface area contributed by atoms with Crippen LogP contribution in [-0.2, 0) is 18.4 Å². The van der Waals surface area contributed by atoms with E-state index in [9.17, 15) is 4.79 Å². The molecular formula is C11H19N3O. The van der Waals surface area contributed by atoms with Gasteiger partial charge < -0.3 is 14.8 Å². The third-order valence-electron chi connectivity index (χ3n) is 2.37. The Bertz CT molecular complexity index is 317. The van der Waals surface area contributed by atoms with Gasteiger partial charge in [0.1, 0.15) is 0 Å². The molecule has 0 aliphatic rings. The van der Waals surface area contributed by atoms with Crippen molar-refractivity contribution in [1.29, 1.82) is 0 Å². The molecule has 15 heavy (non-hydrogen) atoms. The Balaban J connectivity index is 2.18. The van der Waals surface area contributed by atoms with E-state index in [1.54, 1.807) is 19.0 Å². The molecule has 0 unspecified atom stereocenters. The highest BCUT2D eigenvalue weighted by Crippen LogP contribution is 1.98. The average Bonchev–Trinajstić information content (AvgIpc) is 2.58. The van der Waals surface area contributed by atoms with E-state index in [1.807, 2.05) is 19.3 Å². The van der Waals surface area contributed by atoms with Crippen LogP contribution in [-0.4, -0.2) is 36.0 Å². The first-order valence-corrected chi connectivity index (χ1v) is 5.12. The van der Waals surface area contributed by atoms with Crippen molar-refractivity contribution in [3.8, 4) is 0 Å². The molecule has 1 aromatic rings. The number of aromatic nitrogens is 1. The van der Waals surface area contributed by atoms with Crippen molar-refractivity contribution in [2.45, 2.75) is 13.0 Å². The lowest BCUT2D eigenvalue weighted by Gasteiger charge is -2.10. The number of nitrogens with one attached hydrogen (secondary N) is 1. The summed E-state index contributed by atoms with van der Waals surface area (Å²) in [4.78, 5) is 12.9. The molecule has 0 atom stereocenters. The van der Waals surface area contributed by atoms with E-state index in [4.69, 9.17) is 0 Å². The fourth-order valence-corrected chi connectivity index (χ4v) is 1.32. The summed E-state index contributed by atoms with van der Waals surface area (Å²) in [5.41, 5.74) is 1.23. The van der Waals surface area contributed by atoms with Gasteiger partial charge in [0.05, 0.1) is 0 Å². The Morgan fingerprint density at radius 3 is 2.80 bits per heavy atom. The van der Waals surface area contributed by atoms with Gasteiger partial charge in [-0.25, -0.2) is 0 Å². The molecule has 0 bridgehead atoms. The van der Waals surface area contributed by atoms with Gasteiger partial charge in [-0.3, -0.25) is 4.79 Å². The van der Waals surface area contributed by atoms with Crippen molar-refractivity contribution in [3.05, 3.63) is 24.0 Å². The molecule has 1 aromatic heterocycles. The summed E-state index contributed by atoms with van der Waals surface area (Å²) in [5.74, 6) is 0.161. The van der Waals surface area contributed by atoms with Crippen molar-refractivity contribution in [3.63, 3.8) is 0 Å². The van der Waals surface area contributed by atoms with E-state index in [-0.39, 0.29) is 5.91 Å². The zero-order chi connectivity index (χ0) is 11.3. The highest BCUT2D eigenvalue weighted by Gasteiger charge is 2.02. The third kappa shape index (κ3) is 3.75. The minimum atomic E-state index is 0.161. The zero-order valence-corrected chi connectivity index (χ0v) is 9.66. The second-order valence-corrected chi connectivity index (χ2v) is 3.83. The Hall–Kier alpha value is -1.29. The third-order valence-corrected chi connectivity index (χ3v) is 2.37. The summed E-state index contributed by atoms with van der Waals surface area (Å²) < 4.78 is 2.07. The minimum absolute atomic E-state index is 0.161. The Morgan fingerprint density at radius 1 is 1.53 bits per heavy atom. The predicted octanol–water partition coefficient (Wildman–Crippen LogP) is 0.593. The van der Waals surface area contributed by atoms with Gasteiger partial charge in [0.2, 0.25) is 5.91 Å². The molecule has 0 aliphatic carbocycles. The van der Waals surface area contributed by atoms with Crippen LogP contribution in [0.15, 0.2) is 18.3 Å². The average molecular weight is 209 g/mol. The number of aryl methyl sites for hydroxylation is 1. The molecule has 4 nitrogen and oxygen atoms in total. The Morgan fingerprint density at radius 2 is 2.27 bits per heavy atom. The van der Waals surface area contributed by atoms with E-state index in [2.05, 4.69) is 16.0 Å². The second-order valence-electron chi connectivity index (χ2n) is 3.83. The van der Waals surface area contributed by atoms with Crippen LogP contribution >= 0.6 is 0 Å². The second kappa shape index (κ2) is 5.56. The molecule has 4 heteroatoms. The number of amides is 1. The maximum Gasteiger partial charge on any atom is 0.223 e. The van der Waals surface area contributed by atoms with Crippen molar-refractivity contribution in [2.75, 3.05) is 20.6 Å². The highest BCUT2D eigenvalue weighted by atomic mass is 16.2. The predicted molar refractivity (Wildman–Crippen MR) is 60.4 cm³/mol. The number of hydrogen-bond acceptors (Lipinski definition) is 2. The molecule has 0 fully saturated rings. The van der Waals surface area contributed by atoms with Crippen LogP contribution in [0.25, 0.3) is 0 Å². The lowest BCUT2D eigenvalue weighted by atomic mass is 10.3. The first-order valence-electron chi connectivity index (χ1n) is 5.12. The lowest BCUT2D eigenvalue weighted by Crippen LogP contribution is -2.26. The number of hydrogen-bond donors (Lipinski definition) is 1. The summed E-state index contributed by atoms with van der Waals surface area (Å²) in [5, 5.41) is 3.25. The summed E-state index contributed by atoms with van der Waals surface area (Å²) >= 11 is 0. The van der Waals surface area contributed by atoms with Crippen molar-refractivity contribution >= 4 is 5.91 Å². The van der Waals surface area contributed by atoms with Gasteiger partial charge in [0.15, 0.2) is 0 Å². The van der Waals surface area contributed by atoms with Crippen LogP contribution in [0.5, 0.6) is 0 Å². The van der Waals surface area contributed by atoms with Crippen molar-refractivity contribution in [1.82, 2.24) is 14.8 Å². The smallest absolute Gasteiger partial charge is 0.223 e. The Kier molecular flexibility index (Phi) is 4.37. The van der Waals surface area contributed by atoms with Gasteiger partial charge in [-0.05, 0) is 12.1 Å². The number of carbonyl (C=O) groups is 1. The molecule has 0 saturated heterocycles. The SMILES string of the molecule is CN(C)C(=O)CCNCc1cccn1C. The molecule has 0 radical (unpaired) electrons. The molecular weight excluding hydrogens is 190 g/mol. The quantitative estimate of drug-likeness (QED) is 0.721. The maximum absolute atomic E-state index is 11.3. The number of nitrogens with zero attached hydrogens (tertiary/aromatic N) is 2. The summed E-state index contributed by atoms with van der Waals surface area (Å²) in [7, 11) is 5.57. The standard InChI is InChI=1S/C11H19N3O/c1-13(2)11(15)6-7-12-9-10-5-4-8-14(10)3/h4-5,8,12H,6-7,9H2,1-3H3. The Labute approximate surface area is 90.9 Å². The van der Waals surface area contributed by atoms with E-state index in [1.165, 1.54) is 5.69 Å². The fraction of sp³-hybridized carbons (Fsp3) is 0.545. The minimum Gasteiger partial charge on any atom is -0.353 e. The molecule has 84 valence electrons. The zero-order valence-electron chi connectivity index (χ0n) is 9.66. The molecule has 1 heterocycles. The maximum atomic E-state index is 11.3. The van der Waals surface area contributed by atoms with Crippen LogP contribution in [0.2, 0.25) is 0 Å². The van der Waals surface area contributed by atoms with Crippen LogP contribution in [0.3, 0.4) is 0 Å². The molecule has 0 spiro atoms. The normalized spacial score (nSPS) is 10.3. The monoisotopic (exact) mass is 209 g/mol. The molecule has 0 saturated carbocycles. The lowest BCUT2D eigenvalue weighted by molar-refractivity contribution is -0.128. The molecule has 0 aliphatic heterocycles. The highest BCUT2D eigenvalue weighted by molar-refractivity contribution is 5.75. The first-order chi connectivity index (χ1) is 7.11. The summed E-state index contributed by atoms with van der Waals surface area (Å²) in [6.45, 7) is 1.53. The van der Waals surface area contributed by atoms with Crippen LogP contribution < -0.4 is 5.32 Å². The van der Waals surface area contributed by atoms with Gasteiger partial charge in [0, 0.05) is 52.5 Å². The summed E-state index contributed by atoms with van der Waals surface area (Å²) in [6.07, 6.45) is 2.57. The van der Waals surface area contributed by atoms with Gasteiger partial charge in [-0.1, -0.05) is 0 Å². The van der Waals surface area contributed by atoms with Crippen molar-refractivity contribution < 1.29 is 4.79 Å². The largest absolute Gasteiger partial charge is 0.353 e. The number of rotatable bonds is 5. The van der Waals surface area contributed by atoms with Gasteiger partial charge in [-0.15, -0.1) is 0 Å². The van der Waals surface area contributed by atoms with Gasteiger partial charge in [-0.2, -0.15) is 0 Å². The first kappa shape index (κ1) is 11.8. The topological polar surface area (TPSA) is 37.3 Å². The van der Waals surface area contributed by atoms with Crippen LogP contribution in [0.1, 0.15) is 12.1 Å². The molecule has 1 N–H and O–H groups in total. The van der Waals surface area contributed by atoms with E-state index in [0.29, 0.717) is 6.42 Å². The van der Waals surface area contributed by atoms with Gasteiger partial charge in [0.25, 0.3) is 0 Å². The molecule has 1 rings (SSSR count). The van der Waals surface area contributed by atoms with E-state index < -0.39 is 0 Å².